The molecule has 0 saturated carbocycles. The number of hydrogen-bond donors (Lipinski definition) is 2. The van der Waals surface area contributed by atoms with Gasteiger partial charge in [-0.25, -0.2) is 4.98 Å². The van der Waals surface area contributed by atoms with E-state index in [1.165, 1.54) is 11.4 Å². The Hall–Kier alpha value is -0.910. The number of nitrogens with zero attached hydrogens (tertiary/aromatic N) is 2. The molecule has 0 amide bonds. The van der Waals surface area contributed by atoms with Gasteiger partial charge in [-0.2, -0.15) is 0 Å². The van der Waals surface area contributed by atoms with Crippen molar-refractivity contribution in [1.82, 2.24) is 14.7 Å². The quantitative estimate of drug-likeness (QED) is 0.855. The van der Waals surface area contributed by atoms with Crippen LogP contribution in [0.3, 0.4) is 0 Å². The lowest BCUT2D eigenvalue weighted by atomic mass is 10.2. The van der Waals surface area contributed by atoms with Crippen LogP contribution in [0.4, 0.5) is 0 Å². The molecule has 1 unspecified atom stereocenters. The molecule has 94 valence electrons. The van der Waals surface area contributed by atoms with Crippen LogP contribution in [0, 0.1) is 13.8 Å². The van der Waals surface area contributed by atoms with E-state index < -0.39 is 0 Å². The Morgan fingerprint density at radius 3 is 2.94 bits per heavy atom. The fraction of sp³-hybridized carbons (Fsp3) is 0.583. The monoisotopic (exact) mass is 253 g/mol. The SMILES string of the molecule is CCC(CO)NCc1c(C)nc2scc(C)n12. The van der Waals surface area contributed by atoms with Crippen molar-refractivity contribution in [3.05, 3.63) is 22.5 Å². The van der Waals surface area contributed by atoms with Crippen LogP contribution >= 0.6 is 11.3 Å². The number of aryl methyl sites for hydroxylation is 2. The summed E-state index contributed by atoms with van der Waals surface area (Å²) in [4.78, 5) is 5.59. The minimum absolute atomic E-state index is 0.166. The lowest BCUT2D eigenvalue weighted by Crippen LogP contribution is -2.31. The molecule has 2 N–H and O–H groups in total. The Morgan fingerprint density at radius 1 is 1.53 bits per heavy atom. The van der Waals surface area contributed by atoms with E-state index in [1.807, 2.05) is 6.92 Å². The summed E-state index contributed by atoms with van der Waals surface area (Å²) in [5, 5.41) is 14.7. The first-order valence-electron chi connectivity index (χ1n) is 5.93. The van der Waals surface area contributed by atoms with Crippen molar-refractivity contribution in [1.29, 1.82) is 0 Å². The number of aliphatic hydroxyl groups is 1. The smallest absolute Gasteiger partial charge is 0.194 e. The van der Waals surface area contributed by atoms with Gasteiger partial charge < -0.3 is 10.4 Å². The highest BCUT2D eigenvalue weighted by Crippen LogP contribution is 2.20. The van der Waals surface area contributed by atoms with E-state index in [4.69, 9.17) is 5.11 Å². The first kappa shape index (κ1) is 12.5. The molecule has 0 bridgehead atoms. The summed E-state index contributed by atoms with van der Waals surface area (Å²) in [6, 6.07) is 0.166. The number of thiazole rings is 1. The zero-order chi connectivity index (χ0) is 12.4. The molecule has 2 heterocycles. The Labute approximate surface area is 105 Å². The summed E-state index contributed by atoms with van der Waals surface area (Å²) < 4.78 is 2.19. The van der Waals surface area contributed by atoms with Gasteiger partial charge in [-0.1, -0.05) is 6.92 Å². The molecule has 0 aliphatic heterocycles. The molecular weight excluding hydrogens is 234 g/mol. The summed E-state index contributed by atoms with van der Waals surface area (Å²) in [5.41, 5.74) is 3.49. The highest BCUT2D eigenvalue weighted by Gasteiger charge is 2.13. The number of hydrogen-bond acceptors (Lipinski definition) is 4. The van der Waals surface area contributed by atoms with Crippen LogP contribution in [0.25, 0.3) is 4.96 Å². The number of aromatic nitrogens is 2. The molecular formula is C12H19N3OS. The Balaban J connectivity index is 2.22. The van der Waals surface area contributed by atoms with E-state index >= 15 is 0 Å². The molecule has 0 aliphatic carbocycles. The average molecular weight is 253 g/mol. The molecule has 2 rings (SSSR count). The maximum Gasteiger partial charge on any atom is 0.194 e. The molecule has 4 nitrogen and oxygen atoms in total. The van der Waals surface area contributed by atoms with Crippen LogP contribution < -0.4 is 5.32 Å². The van der Waals surface area contributed by atoms with Crippen LogP contribution in [-0.4, -0.2) is 27.1 Å². The molecule has 2 aromatic rings. The highest BCUT2D eigenvalue weighted by molar-refractivity contribution is 7.15. The molecule has 5 heteroatoms. The topological polar surface area (TPSA) is 49.6 Å². The summed E-state index contributed by atoms with van der Waals surface area (Å²) >= 11 is 1.67. The summed E-state index contributed by atoms with van der Waals surface area (Å²) in [5.74, 6) is 0. The van der Waals surface area contributed by atoms with Gasteiger partial charge >= 0.3 is 0 Å². The third-order valence-corrected chi connectivity index (χ3v) is 4.04. The number of rotatable bonds is 5. The Morgan fingerprint density at radius 2 is 2.29 bits per heavy atom. The van der Waals surface area contributed by atoms with E-state index in [1.54, 1.807) is 11.3 Å². The van der Waals surface area contributed by atoms with Crippen molar-refractivity contribution >= 4 is 16.3 Å². The largest absolute Gasteiger partial charge is 0.395 e. The average Bonchev–Trinajstić information content (AvgIpc) is 2.81. The highest BCUT2D eigenvalue weighted by atomic mass is 32.1. The first-order chi connectivity index (χ1) is 8.17. The van der Waals surface area contributed by atoms with Gasteiger partial charge in [0.1, 0.15) is 0 Å². The van der Waals surface area contributed by atoms with Crippen molar-refractivity contribution in [2.75, 3.05) is 6.61 Å². The number of fused-ring (bicyclic) bond motifs is 1. The van der Waals surface area contributed by atoms with E-state index in [0.717, 1.165) is 23.6 Å². The Kier molecular flexibility index (Phi) is 3.81. The second-order valence-electron chi connectivity index (χ2n) is 4.31. The van der Waals surface area contributed by atoms with Gasteiger partial charge in [0.15, 0.2) is 4.96 Å². The summed E-state index contributed by atoms with van der Waals surface area (Å²) in [7, 11) is 0. The number of imidazole rings is 1. The van der Waals surface area contributed by atoms with Gasteiger partial charge in [-0.3, -0.25) is 4.40 Å². The molecule has 0 saturated heterocycles. The van der Waals surface area contributed by atoms with Crippen LogP contribution in [0.2, 0.25) is 0 Å². The zero-order valence-electron chi connectivity index (χ0n) is 10.5. The maximum atomic E-state index is 9.17. The molecule has 0 fully saturated rings. The zero-order valence-corrected chi connectivity index (χ0v) is 11.3. The lowest BCUT2D eigenvalue weighted by molar-refractivity contribution is 0.238. The second kappa shape index (κ2) is 5.16. The molecule has 0 radical (unpaired) electrons. The van der Waals surface area contributed by atoms with Crippen molar-refractivity contribution in [3.63, 3.8) is 0 Å². The van der Waals surface area contributed by atoms with Gasteiger partial charge in [0, 0.05) is 23.7 Å². The van der Waals surface area contributed by atoms with E-state index in [9.17, 15) is 0 Å². The van der Waals surface area contributed by atoms with Crippen LogP contribution in [0.5, 0.6) is 0 Å². The van der Waals surface area contributed by atoms with Gasteiger partial charge in [0.25, 0.3) is 0 Å². The predicted octanol–water partition coefficient (Wildman–Crippen LogP) is 1.87. The van der Waals surface area contributed by atoms with Gasteiger partial charge in [-0.05, 0) is 20.3 Å². The van der Waals surface area contributed by atoms with Crippen LogP contribution in [0.1, 0.15) is 30.4 Å². The fourth-order valence-electron chi connectivity index (χ4n) is 1.95. The predicted molar refractivity (Wildman–Crippen MR) is 70.5 cm³/mol. The summed E-state index contributed by atoms with van der Waals surface area (Å²) in [6.45, 7) is 7.14. The van der Waals surface area contributed by atoms with Gasteiger partial charge in [0.2, 0.25) is 0 Å². The fourth-order valence-corrected chi connectivity index (χ4v) is 2.89. The van der Waals surface area contributed by atoms with Crippen molar-refractivity contribution in [2.24, 2.45) is 0 Å². The van der Waals surface area contributed by atoms with Crippen LogP contribution in [-0.2, 0) is 6.54 Å². The molecule has 2 aromatic heterocycles. The third-order valence-electron chi connectivity index (χ3n) is 3.10. The third kappa shape index (κ3) is 2.36. The van der Waals surface area contributed by atoms with E-state index in [-0.39, 0.29) is 12.6 Å². The van der Waals surface area contributed by atoms with Gasteiger partial charge in [0.05, 0.1) is 18.0 Å². The maximum absolute atomic E-state index is 9.17. The van der Waals surface area contributed by atoms with E-state index in [0.29, 0.717) is 0 Å². The molecule has 0 aromatic carbocycles. The minimum atomic E-state index is 0.166. The van der Waals surface area contributed by atoms with Gasteiger partial charge in [-0.15, -0.1) is 11.3 Å². The molecule has 17 heavy (non-hydrogen) atoms. The molecule has 1 atom stereocenters. The van der Waals surface area contributed by atoms with E-state index in [2.05, 4.69) is 33.9 Å². The minimum Gasteiger partial charge on any atom is -0.395 e. The first-order valence-corrected chi connectivity index (χ1v) is 6.81. The summed E-state index contributed by atoms with van der Waals surface area (Å²) in [6.07, 6.45) is 0.931. The Bertz CT molecular complexity index is 499. The second-order valence-corrected chi connectivity index (χ2v) is 5.14. The number of nitrogens with one attached hydrogen (secondary N) is 1. The molecule has 0 aliphatic rings. The van der Waals surface area contributed by atoms with Crippen molar-refractivity contribution in [2.45, 2.75) is 39.8 Å². The lowest BCUT2D eigenvalue weighted by Gasteiger charge is -2.14. The standard InChI is InChI=1S/C12H19N3OS/c1-4-10(6-16)13-5-11-9(3)14-12-15(11)8(2)7-17-12/h7,10,13,16H,4-6H2,1-3H3. The van der Waals surface area contributed by atoms with Crippen LogP contribution in [0.15, 0.2) is 5.38 Å². The normalized spacial score (nSPS) is 13.4. The molecule has 0 spiro atoms. The number of aliphatic hydroxyl groups excluding tert-OH is 1. The van der Waals surface area contributed by atoms with Crippen molar-refractivity contribution < 1.29 is 5.11 Å². The van der Waals surface area contributed by atoms with Crippen molar-refractivity contribution in [3.8, 4) is 0 Å².